The summed E-state index contributed by atoms with van der Waals surface area (Å²) >= 11 is 5.86. The molecule has 0 unspecified atom stereocenters. The van der Waals surface area contributed by atoms with Gasteiger partial charge < -0.3 is 14.2 Å². The molecule has 0 N–H and O–H groups in total. The van der Waals surface area contributed by atoms with E-state index in [9.17, 15) is 28.9 Å². The van der Waals surface area contributed by atoms with Gasteiger partial charge in [0.25, 0.3) is 0 Å². The number of hydrogen-bond acceptors (Lipinski definition) is 8. The second-order valence-electron chi connectivity index (χ2n) is 5.60. The van der Waals surface area contributed by atoms with Crippen LogP contribution in [0.4, 0.5) is 4.39 Å². The first-order valence-electron chi connectivity index (χ1n) is 8.03. The van der Waals surface area contributed by atoms with E-state index in [1.165, 1.54) is 0 Å². The van der Waals surface area contributed by atoms with Crippen molar-refractivity contribution < 1.29 is 37.9 Å². The van der Waals surface area contributed by atoms with Gasteiger partial charge in [-0.15, -0.1) is 0 Å². The summed E-state index contributed by atoms with van der Waals surface area (Å²) in [6.07, 6.45) is 0. The summed E-state index contributed by atoms with van der Waals surface area (Å²) in [5.74, 6) is -7.98. The Balaban J connectivity index is 3.91. The molecule has 1 aromatic carbocycles. The molecule has 11 heteroatoms. The fourth-order valence-electron chi connectivity index (χ4n) is 2.72. The van der Waals surface area contributed by atoms with Crippen molar-refractivity contribution in [2.75, 3.05) is 27.4 Å². The van der Waals surface area contributed by atoms with E-state index in [4.69, 9.17) is 16.3 Å². The largest absolute Gasteiger partial charge is 0.493 e. The number of Topliss-reactive ketones (excluding diaryl/α,β-unsaturated/α-hetero) is 1. The number of nitro groups is 1. The lowest BCUT2D eigenvalue weighted by molar-refractivity contribution is -0.484. The molecule has 9 nitrogen and oxygen atoms in total. The standard InChI is InChI=1S/C17H19ClFNO8/c1-5-28-15-9(8(2)21)6-11(18)14(19)12(15)10(7-20(24)25)13(16(22)26-3)17(23)27-4/h6,10,13H,5,7H2,1-4H3/t10-/m0/s1. The van der Waals surface area contributed by atoms with Crippen LogP contribution in [0.2, 0.25) is 5.02 Å². The maximum absolute atomic E-state index is 15.0. The van der Waals surface area contributed by atoms with Gasteiger partial charge >= 0.3 is 11.9 Å². The van der Waals surface area contributed by atoms with Crippen LogP contribution in [0.5, 0.6) is 5.75 Å². The molecule has 0 aliphatic heterocycles. The molecular weight excluding hydrogens is 401 g/mol. The van der Waals surface area contributed by atoms with Crippen molar-refractivity contribution in [3.05, 3.63) is 38.1 Å². The minimum atomic E-state index is -1.88. The van der Waals surface area contributed by atoms with Crippen LogP contribution in [0.15, 0.2) is 6.07 Å². The van der Waals surface area contributed by atoms with Crippen LogP contribution in [0.25, 0.3) is 0 Å². The van der Waals surface area contributed by atoms with E-state index in [2.05, 4.69) is 9.47 Å². The molecule has 0 amide bonds. The monoisotopic (exact) mass is 419 g/mol. The lowest BCUT2D eigenvalue weighted by Crippen LogP contribution is -2.36. The van der Waals surface area contributed by atoms with Crippen LogP contribution in [-0.4, -0.2) is 50.0 Å². The fraction of sp³-hybridized carbons (Fsp3) is 0.471. The first-order chi connectivity index (χ1) is 13.1. The predicted octanol–water partition coefficient (Wildman–Crippen LogP) is 2.40. The molecular formula is C17H19ClFNO8. The van der Waals surface area contributed by atoms with E-state index in [0.717, 1.165) is 27.2 Å². The molecule has 0 bridgehead atoms. The first-order valence-corrected chi connectivity index (χ1v) is 8.41. The molecule has 0 saturated carbocycles. The van der Waals surface area contributed by atoms with Crippen molar-refractivity contribution in [2.24, 2.45) is 5.92 Å². The Morgan fingerprint density at radius 2 is 1.79 bits per heavy atom. The molecule has 0 spiro atoms. The van der Waals surface area contributed by atoms with Crippen LogP contribution >= 0.6 is 11.6 Å². The van der Waals surface area contributed by atoms with E-state index in [1.54, 1.807) is 6.92 Å². The minimum Gasteiger partial charge on any atom is -0.493 e. The van der Waals surface area contributed by atoms with Gasteiger partial charge in [0.15, 0.2) is 11.7 Å². The highest BCUT2D eigenvalue weighted by Gasteiger charge is 2.44. The van der Waals surface area contributed by atoms with Gasteiger partial charge in [0, 0.05) is 10.5 Å². The fourth-order valence-corrected chi connectivity index (χ4v) is 2.94. The number of methoxy groups -OCH3 is 2. The van der Waals surface area contributed by atoms with Crippen molar-refractivity contribution in [3.63, 3.8) is 0 Å². The van der Waals surface area contributed by atoms with E-state index in [-0.39, 0.29) is 17.9 Å². The van der Waals surface area contributed by atoms with E-state index in [0.29, 0.717) is 0 Å². The number of ether oxygens (including phenoxy) is 3. The normalized spacial score (nSPS) is 11.7. The summed E-state index contributed by atoms with van der Waals surface area (Å²) in [7, 11) is 1.92. The smallest absolute Gasteiger partial charge is 0.320 e. The van der Waals surface area contributed by atoms with E-state index in [1.807, 2.05) is 0 Å². The molecule has 0 fully saturated rings. The lowest BCUT2D eigenvalue weighted by Gasteiger charge is -2.24. The number of hydrogen-bond donors (Lipinski definition) is 0. The molecule has 0 radical (unpaired) electrons. The zero-order valence-electron chi connectivity index (χ0n) is 15.6. The lowest BCUT2D eigenvalue weighted by atomic mass is 9.83. The van der Waals surface area contributed by atoms with Crippen molar-refractivity contribution >= 4 is 29.3 Å². The number of nitrogens with zero attached hydrogens (tertiary/aromatic N) is 1. The maximum Gasteiger partial charge on any atom is 0.320 e. The zero-order chi connectivity index (χ0) is 21.6. The number of carbonyl (C=O) groups excluding carboxylic acids is 3. The van der Waals surface area contributed by atoms with E-state index < -0.39 is 57.4 Å². The highest BCUT2D eigenvalue weighted by Crippen LogP contribution is 2.41. The highest BCUT2D eigenvalue weighted by atomic mass is 35.5. The Bertz CT molecular complexity index is 782. The third kappa shape index (κ3) is 4.94. The third-order valence-corrected chi connectivity index (χ3v) is 4.18. The van der Waals surface area contributed by atoms with Crippen molar-refractivity contribution in [2.45, 2.75) is 19.8 Å². The van der Waals surface area contributed by atoms with Crippen LogP contribution in [0.1, 0.15) is 35.7 Å². The number of carbonyl (C=O) groups is 3. The predicted molar refractivity (Wildman–Crippen MR) is 94.7 cm³/mol. The zero-order valence-corrected chi connectivity index (χ0v) is 16.4. The average molecular weight is 420 g/mol. The Hall–Kier alpha value is -2.75. The van der Waals surface area contributed by atoms with Gasteiger partial charge in [-0.3, -0.25) is 24.5 Å². The molecule has 154 valence electrons. The number of ketones is 1. The molecule has 28 heavy (non-hydrogen) atoms. The molecule has 0 aromatic heterocycles. The van der Waals surface area contributed by atoms with Gasteiger partial charge in [-0.25, -0.2) is 4.39 Å². The highest BCUT2D eigenvalue weighted by molar-refractivity contribution is 6.31. The topological polar surface area (TPSA) is 122 Å². The summed E-state index contributed by atoms with van der Waals surface area (Å²) in [5, 5.41) is 10.7. The summed E-state index contributed by atoms with van der Waals surface area (Å²) in [5.41, 5.74) is -0.692. The van der Waals surface area contributed by atoms with E-state index >= 15 is 0 Å². The van der Waals surface area contributed by atoms with Crippen LogP contribution in [0, 0.1) is 21.8 Å². The summed E-state index contributed by atoms with van der Waals surface area (Å²) in [6, 6.07) is 1.02. The molecule has 1 atom stereocenters. The summed E-state index contributed by atoms with van der Waals surface area (Å²) in [6.45, 7) is 1.63. The van der Waals surface area contributed by atoms with Gasteiger partial charge in [0.1, 0.15) is 11.6 Å². The van der Waals surface area contributed by atoms with Gasteiger partial charge in [-0.2, -0.15) is 0 Å². The van der Waals surface area contributed by atoms with Crippen molar-refractivity contribution in [1.82, 2.24) is 0 Å². The molecule has 0 aliphatic rings. The van der Waals surface area contributed by atoms with Crippen LogP contribution in [-0.2, 0) is 19.1 Å². The Labute approximate surface area is 164 Å². The van der Waals surface area contributed by atoms with Crippen molar-refractivity contribution in [3.8, 4) is 5.75 Å². The SMILES string of the molecule is CCOc1c(C(C)=O)cc(Cl)c(F)c1[C@H](C[N+](=O)[O-])C(C(=O)OC)C(=O)OC. The summed E-state index contributed by atoms with van der Waals surface area (Å²) in [4.78, 5) is 46.7. The number of rotatable bonds is 9. The minimum absolute atomic E-state index is 0.0271. The Morgan fingerprint density at radius 1 is 1.25 bits per heavy atom. The van der Waals surface area contributed by atoms with Gasteiger partial charge in [-0.05, 0) is 19.9 Å². The second kappa shape index (κ2) is 9.98. The van der Waals surface area contributed by atoms with Crippen LogP contribution < -0.4 is 4.74 Å². The van der Waals surface area contributed by atoms with Gasteiger partial charge in [-0.1, -0.05) is 11.6 Å². The first kappa shape index (κ1) is 23.3. The number of halogens is 2. The molecule has 0 heterocycles. The Kier molecular flexibility index (Phi) is 8.30. The van der Waals surface area contributed by atoms with Crippen molar-refractivity contribution in [1.29, 1.82) is 0 Å². The molecule has 0 saturated heterocycles. The summed E-state index contributed by atoms with van der Waals surface area (Å²) < 4.78 is 29.4. The molecule has 1 rings (SSSR count). The molecule has 0 aliphatic carbocycles. The number of esters is 2. The number of benzene rings is 1. The Morgan fingerprint density at radius 3 is 2.18 bits per heavy atom. The third-order valence-electron chi connectivity index (χ3n) is 3.90. The van der Waals surface area contributed by atoms with Gasteiger partial charge in [0.2, 0.25) is 6.54 Å². The quantitative estimate of drug-likeness (QED) is 0.196. The molecule has 1 aromatic rings. The second-order valence-corrected chi connectivity index (χ2v) is 6.00. The maximum atomic E-state index is 15.0. The average Bonchev–Trinajstić information content (AvgIpc) is 2.63. The van der Waals surface area contributed by atoms with Crippen LogP contribution in [0.3, 0.4) is 0 Å². The van der Waals surface area contributed by atoms with Gasteiger partial charge in [0.05, 0.1) is 37.3 Å².